The summed E-state index contributed by atoms with van der Waals surface area (Å²) in [5.41, 5.74) is 1.94. The van der Waals surface area contributed by atoms with E-state index in [1.54, 1.807) is 7.11 Å². The molecule has 4 nitrogen and oxygen atoms in total. The third-order valence-corrected chi connectivity index (χ3v) is 2.93. The van der Waals surface area contributed by atoms with E-state index in [-0.39, 0.29) is 0 Å². The lowest BCUT2D eigenvalue weighted by molar-refractivity contribution is -0.150. The number of methoxy groups -OCH3 is 1. The van der Waals surface area contributed by atoms with Crippen molar-refractivity contribution in [3.8, 4) is 5.75 Å². The number of hydrogen-bond acceptors (Lipinski definition) is 3. The second kappa shape index (κ2) is 7.79. The second-order valence-electron chi connectivity index (χ2n) is 4.57. The van der Waals surface area contributed by atoms with Gasteiger partial charge in [0.05, 0.1) is 7.11 Å². The van der Waals surface area contributed by atoms with Gasteiger partial charge in [0.15, 0.2) is 6.10 Å². The Morgan fingerprint density at radius 1 is 1.42 bits per heavy atom. The van der Waals surface area contributed by atoms with Crippen LogP contribution in [0.25, 0.3) is 0 Å². The third kappa shape index (κ3) is 4.91. The first-order chi connectivity index (χ1) is 9.08. The lowest BCUT2D eigenvalue weighted by atomic mass is 10.0. The summed E-state index contributed by atoms with van der Waals surface area (Å²) in [5.74, 6) is -0.226. The van der Waals surface area contributed by atoms with E-state index in [9.17, 15) is 9.90 Å². The first kappa shape index (κ1) is 15.5. The van der Waals surface area contributed by atoms with Crippen molar-refractivity contribution in [1.29, 1.82) is 0 Å². The maximum Gasteiger partial charge on any atom is 0.333 e. The van der Waals surface area contributed by atoms with Crippen LogP contribution in [0.15, 0.2) is 18.2 Å². The monoisotopic (exact) mass is 266 g/mol. The number of benzene rings is 1. The molecule has 0 saturated carbocycles. The Morgan fingerprint density at radius 2 is 2.16 bits per heavy atom. The van der Waals surface area contributed by atoms with Gasteiger partial charge in [-0.3, -0.25) is 0 Å². The largest absolute Gasteiger partial charge is 0.496 e. The fraction of sp³-hybridized carbons (Fsp3) is 0.533. The molecule has 1 aromatic carbocycles. The van der Waals surface area contributed by atoms with Crippen molar-refractivity contribution in [2.75, 3.05) is 13.7 Å². The van der Waals surface area contributed by atoms with Crippen LogP contribution in [0.4, 0.5) is 0 Å². The lowest BCUT2D eigenvalue weighted by Crippen LogP contribution is -2.27. The maximum atomic E-state index is 11.2. The number of unbranched alkanes of at least 4 members (excludes halogenated alkanes) is 1. The van der Waals surface area contributed by atoms with Gasteiger partial charge < -0.3 is 14.6 Å². The SMILES string of the molecule is CCCCOC(Cc1cc(C)ccc1OC)C(=O)O. The van der Waals surface area contributed by atoms with E-state index in [0.29, 0.717) is 18.8 Å². The molecule has 0 aliphatic carbocycles. The molecule has 1 aromatic rings. The van der Waals surface area contributed by atoms with Gasteiger partial charge in [-0.2, -0.15) is 0 Å². The van der Waals surface area contributed by atoms with Crippen LogP contribution in [0.1, 0.15) is 30.9 Å². The number of aliphatic carboxylic acids is 1. The van der Waals surface area contributed by atoms with Crippen molar-refractivity contribution >= 4 is 5.97 Å². The highest BCUT2D eigenvalue weighted by Gasteiger charge is 2.20. The molecule has 1 N–H and O–H groups in total. The molecule has 0 radical (unpaired) electrons. The highest BCUT2D eigenvalue weighted by molar-refractivity contribution is 5.73. The van der Waals surface area contributed by atoms with Gasteiger partial charge in [0.1, 0.15) is 5.75 Å². The predicted octanol–water partition coefficient (Wildman–Crippen LogP) is 2.82. The Bertz CT molecular complexity index is 415. The summed E-state index contributed by atoms with van der Waals surface area (Å²) in [6.45, 7) is 4.49. The zero-order chi connectivity index (χ0) is 14.3. The molecular weight excluding hydrogens is 244 g/mol. The summed E-state index contributed by atoms with van der Waals surface area (Å²) in [6, 6.07) is 5.74. The number of aryl methyl sites for hydroxylation is 1. The highest BCUT2D eigenvalue weighted by atomic mass is 16.5. The fourth-order valence-electron chi connectivity index (χ4n) is 1.85. The summed E-state index contributed by atoms with van der Waals surface area (Å²) < 4.78 is 10.7. The molecular formula is C15H22O4. The number of carbonyl (C=O) groups is 1. The van der Waals surface area contributed by atoms with E-state index in [2.05, 4.69) is 0 Å². The van der Waals surface area contributed by atoms with E-state index in [4.69, 9.17) is 9.47 Å². The number of hydrogen-bond donors (Lipinski definition) is 1. The summed E-state index contributed by atoms with van der Waals surface area (Å²) in [5, 5.41) is 9.20. The summed E-state index contributed by atoms with van der Waals surface area (Å²) in [7, 11) is 1.59. The van der Waals surface area contributed by atoms with Crippen molar-refractivity contribution in [3.05, 3.63) is 29.3 Å². The van der Waals surface area contributed by atoms with Gasteiger partial charge >= 0.3 is 5.97 Å². The summed E-state index contributed by atoms with van der Waals surface area (Å²) in [6.07, 6.45) is 1.36. The minimum Gasteiger partial charge on any atom is -0.496 e. The summed E-state index contributed by atoms with van der Waals surface area (Å²) >= 11 is 0. The molecule has 4 heteroatoms. The zero-order valence-corrected chi connectivity index (χ0v) is 11.8. The van der Waals surface area contributed by atoms with E-state index in [1.807, 2.05) is 32.0 Å². The van der Waals surface area contributed by atoms with Crippen LogP contribution in [0, 0.1) is 6.92 Å². The van der Waals surface area contributed by atoms with Gasteiger partial charge in [-0.05, 0) is 25.0 Å². The van der Waals surface area contributed by atoms with Crippen molar-refractivity contribution in [3.63, 3.8) is 0 Å². The molecule has 0 heterocycles. The van der Waals surface area contributed by atoms with Crippen LogP contribution in [0.5, 0.6) is 5.75 Å². The van der Waals surface area contributed by atoms with Crippen molar-refractivity contribution in [2.24, 2.45) is 0 Å². The molecule has 1 atom stereocenters. The Kier molecular flexibility index (Phi) is 6.36. The smallest absolute Gasteiger partial charge is 0.333 e. The molecule has 0 amide bonds. The minimum absolute atomic E-state index is 0.323. The second-order valence-corrected chi connectivity index (χ2v) is 4.57. The average Bonchev–Trinajstić information content (AvgIpc) is 2.38. The van der Waals surface area contributed by atoms with Crippen molar-refractivity contribution < 1.29 is 19.4 Å². The van der Waals surface area contributed by atoms with Crippen LogP contribution in [-0.2, 0) is 16.0 Å². The number of rotatable bonds is 8. The number of ether oxygens (including phenoxy) is 2. The predicted molar refractivity (Wildman–Crippen MR) is 73.7 cm³/mol. The van der Waals surface area contributed by atoms with Crippen molar-refractivity contribution in [2.45, 2.75) is 39.2 Å². The molecule has 1 unspecified atom stereocenters. The number of carboxylic acids is 1. The highest BCUT2D eigenvalue weighted by Crippen LogP contribution is 2.22. The van der Waals surface area contributed by atoms with E-state index in [0.717, 1.165) is 24.0 Å². The topological polar surface area (TPSA) is 55.8 Å². The molecule has 1 rings (SSSR count). The van der Waals surface area contributed by atoms with Crippen LogP contribution in [-0.4, -0.2) is 30.9 Å². The summed E-state index contributed by atoms with van der Waals surface area (Å²) in [4.78, 5) is 11.2. The molecule has 0 aliphatic heterocycles. The van der Waals surface area contributed by atoms with E-state index < -0.39 is 12.1 Å². The van der Waals surface area contributed by atoms with Gasteiger partial charge in [0.2, 0.25) is 0 Å². The van der Waals surface area contributed by atoms with Crippen LogP contribution in [0.3, 0.4) is 0 Å². The zero-order valence-electron chi connectivity index (χ0n) is 11.8. The average molecular weight is 266 g/mol. The molecule has 0 fully saturated rings. The standard InChI is InChI=1S/C15H22O4/c1-4-5-8-19-14(15(16)17)10-12-9-11(2)6-7-13(12)18-3/h6-7,9,14H,4-5,8,10H2,1-3H3,(H,16,17). The maximum absolute atomic E-state index is 11.2. The molecule has 0 aliphatic rings. The van der Waals surface area contributed by atoms with Gasteiger partial charge in [0.25, 0.3) is 0 Å². The Labute approximate surface area is 114 Å². The quantitative estimate of drug-likeness (QED) is 0.735. The van der Waals surface area contributed by atoms with Crippen LogP contribution >= 0.6 is 0 Å². The molecule has 106 valence electrons. The Morgan fingerprint density at radius 3 is 2.74 bits per heavy atom. The van der Waals surface area contributed by atoms with Crippen LogP contribution < -0.4 is 4.74 Å². The third-order valence-electron chi connectivity index (χ3n) is 2.93. The first-order valence-electron chi connectivity index (χ1n) is 6.56. The lowest BCUT2D eigenvalue weighted by Gasteiger charge is -2.16. The van der Waals surface area contributed by atoms with E-state index in [1.165, 1.54) is 0 Å². The molecule has 0 spiro atoms. The van der Waals surface area contributed by atoms with Gasteiger partial charge in [0, 0.05) is 13.0 Å². The number of carboxylic acid groups (broad SMARTS) is 1. The van der Waals surface area contributed by atoms with Gasteiger partial charge in [-0.15, -0.1) is 0 Å². The van der Waals surface area contributed by atoms with E-state index >= 15 is 0 Å². The van der Waals surface area contributed by atoms with Crippen LogP contribution in [0.2, 0.25) is 0 Å². The Balaban J connectivity index is 2.77. The Hall–Kier alpha value is -1.55. The minimum atomic E-state index is -0.931. The normalized spacial score (nSPS) is 12.2. The van der Waals surface area contributed by atoms with Gasteiger partial charge in [-0.25, -0.2) is 4.79 Å². The molecule has 19 heavy (non-hydrogen) atoms. The fourth-order valence-corrected chi connectivity index (χ4v) is 1.85. The molecule has 0 saturated heterocycles. The first-order valence-corrected chi connectivity index (χ1v) is 6.56. The van der Waals surface area contributed by atoms with Gasteiger partial charge in [-0.1, -0.05) is 31.0 Å². The van der Waals surface area contributed by atoms with Crippen molar-refractivity contribution in [1.82, 2.24) is 0 Å². The molecule has 0 aromatic heterocycles. The molecule has 0 bridgehead atoms.